The number of carbonyl (C=O) groups is 2. The first-order chi connectivity index (χ1) is 10.8. The molecule has 1 rings (SSSR count). The van der Waals surface area contributed by atoms with Crippen LogP contribution in [-0.2, 0) is 4.79 Å². The van der Waals surface area contributed by atoms with Gasteiger partial charge in [-0.1, -0.05) is 27.2 Å². The summed E-state index contributed by atoms with van der Waals surface area (Å²) in [6.07, 6.45) is 1.20. The molecule has 0 heterocycles. The second-order valence-corrected chi connectivity index (χ2v) is 5.65. The Bertz CT molecular complexity index is 560. The second-order valence-electron chi connectivity index (χ2n) is 5.65. The predicted octanol–water partition coefficient (Wildman–Crippen LogP) is 2.33. The molecular weight excluding hydrogens is 296 g/mol. The summed E-state index contributed by atoms with van der Waals surface area (Å²) in [5.41, 5.74) is 6.66. The lowest BCUT2D eigenvalue weighted by Crippen LogP contribution is -2.49. The van der Waals surface area contributed by atoms with Gasteiger partial charge in [0.1, 0.15) is 11.8 Å². The maximum atomic E-state index is 12.6. The highest BCUT2D eigenvalue weighted by Gasteiger charge is 2.29. The second kappa shape index (κ2) is 8.53. The van der Waals surface area contributed by atoms with Crippen molar-refractivity contribution in [1.82, 2.24) is 5.32 Å². The lowest BCUT2D eigenvalue weighted by atomic mass is 9.95. The van der Waals surface area contributed by atoms with E-state index in [4.69, 9.17) is 10.5 Å². The molecule has 0 spiro atoms. The summed E-state index contributed by atoms with van der Waals surface area (Å²) in [5, 5.41) is 12.4. The monoisotopic (exact) mass is 322 g/mol. The van der Waals surface area contributed by atoms with Crippen LogP contribution in [0, 0.1) is 5.92 Å². The summed E-state index contributed by atoms with van der Waals surface area (Å²) in [6, 6.07) is 3.51. The number of Topliss-reactive ketones (excluding diaryl/α,β-unsaturated/α-hetero) is 1. The van der Waals surface area contributed by atoms with Gasteiger partial charge in [-0.2, -0.15) is 0 Å². The molecule has 0 bridgehead atoms. The number of rotatable bonds is 9. The highest BCUT2D eigenvalue weighted by Crippen LogP contribution is 2.23. The van der Waals surface area contributed by atoms with Crippen LogP contribution in [0.2, 0.25) is 0 Å². The van der Waals surface area contributed by atoms with Crippen molar-refractivity contribution in [3.63, 3.8) is 0 Å². The molecule has 1 aromatic carbocycles. The number of ether oxygens (including phenoxy) is 1. The molecule has 1 aromatic rings. The number of carboxylic acid groups (broad SMARTS) is 1. The molecule has 0 saturated heterocycles. The molecule has 128 valence electrons. The fourth-order valence-electron chi connectivity index (χ4n) is 2.40. The van der Waals surface area contributed by atoms with E-state index in [1.54, 1.807) is 18.2 Å². The number of carbonyl (C=O) groups excluding carboxylic acids is 1. The molecule has 0 aliphatic rings. The highest BCUT2D eigenvalue weighted by atomic mass is 16.5. The smallest absolute Gasteiger partial charge is 0.320 e. The molecule has 0 fully saturated rings. The lowest BCUT2D eigenvalue weighted by Gasteiger charge is -2.25. The average Bonchev–Trinajstić information content (AvgIpc) is 2.54. The van der Waals surface area contributed by atoms with E-state index >= 15 is 0 Å². The summed E-state index contributed by atoms with van der Waals surface area (Å²) in [6.45, 7) is 5.63. The number of benzene rings is 1. The predicted molar refractivity (Wildman–Crippen MR) is 89.8 cm³/mol. The minimum Gasteiger partial charge on any atom is -0.495 e. The van der Waals surface area contributed by atoms with E-state index in [-0.39, 0.29) is 11.7 Å². The fraction of sp³-hybridized carbons (Fsp3) is 0.529. The van der Waals surface area contributed by atoms with Crippen molar-refractivity contribution in [3.8, 4) is 5.75 Å². The first-order valence-corrected chi connectivity index (χ1v) is 7.82. The minimum atomic E-state index is -0.945. The Balaban J connectivity index is 2.98. The van der Waals surface area contributed by atoms with Crippen LogP contribution < -0.4 is 15.8 Å². The van der Waals surface area contributed by atoms with Gasteiger partial charge in [0.15, 0.2) is 5.78 Å². The Hall–Kier alpha value is -2.08. The molecule has 23 heavy (non-hydrogen) atoms. The molecule has 0 radical (unpaired) electrons. The number of nitrogen functional groups attached to an aromatic ring is 1. The number of methoxy groups -OCH3 is 1. The van der Waals surface area contributed by atoms with Crippen molar-refractivity contribution >= 4 is 17.4 Å². The topological polar surface area (TPSA) is 102 Å². The van der Waals surface area contributed by atoms with E-state index in [1.807, 2.05) is 20.8 Å². The molecule has 6 heteroatoms. The van der Waals surface area contributed by atoms with Crippen molar-refractivity contribution < 1.29 is 19.4 Å². The fourth-order valence-corrected chi connectivity index (χ4v) is 2.40. The van der Waals surface area contributed by atoms with Crippen molar-refractivity contribution in [2.75, 3.05) is 12.8 Å². The first kappa shape index (κ1) is 19.0. The summed E-state index contributed by atoms with van der Waals surface area (Å²) < 4.78 is 5.08. The van der Waals surface area contributed by atoms with Gasteiger partial charge >= 0.3 is 5.97 Å². The van der Waals surface area contributed by atoms with Crippen LogP contribution in [0.25, 0.3) is 0 Å². The number of hydrogen-bond acceptors (Lipinski definition) is 5. The molecule has 6 nitrogen and oxygen atoms in total. The summed E-state index contributed by atoms with van der Waals surface area (Å²) in [5.74, 6) is -0.683. The third kappa shape index (κ3) is 4.69. The molecule has 3 atom stereocenters. The van der Waals surface area contributed by atoms with Crippen LogP contribution in [0.15, 0.2) is 18.2 Å². The average molecular weight is 322 g/mol. The van der Waals surface area contributed by atoms with Gasteiger partial charge in [0, 0.05) is 5.56 Å². The van der Waals surface area contributed by atoms with Gasteiger partial charge in [0.2, 0.25) is 0 Å². The third-order valence-electron chi connectivity index (χ3n) is 4.10. The maximum Gasteiger partial charge on any atom is 0.320 e. The van der Waals surface area contributed by atoms with Crippen LogP contribution in [0.4, 0.5) is 5.69 Å². The van der Waals surface area contributed by atoms with Crippen molar-refractivity contribution in [2.24, 2.45) is 5.92 Å². The molecule has 3 unspecified atom stereocenters. The minimum absolute atomic E-state index is 0.0738. The standard InChI is InChI=1S/C17H26N2O4/c1-5-10(3)15(17(21)22)19-13(6-2)16(20)11-7-8-14(23-4)12(18)9-11/h7-10,13,15,19H,5-6,18H2,1-4H3,(H,21,22). The van der Waals surface area contributed by atoms with Crippen LogP contribution in [0.3, 0.4) is 0 Å². The quantitative estimate of drug-likeness (QED) is 0.476. The molecule has 0 amide bonds. The zero-order valence-electron chi connectivity index (χ0n) is 14.1. The Morgan fingerprint density at radius 1 is 1.30 bits per heavy atom. The number of hydrogen-bond donors (Lipinski definition) is 3. The van der Waals surface area contributed by atoms with Crippen LogP contribution in [0.5, 0.6) is 5.75 Å². The van der Waals surface area contributed by atoms with Gasteiger partial charge < -0.3 is 15.6 Å². The van der Waals surface area contributed by atoms with E-state index in [0.717, 1.165) is 0 Å². The van der Waals surface area contributed by atoms with Crippen molar-refractivity contribution in [1.29, 1.82) is 0 Å². The van der Waals surface area contributed by atoms with E-state index in [0.29, 0.717) is 29.8 Å². The number of aliphatic carboxylic acids is 1. The van der Waals surface area contributed by atoms with Crippen LogP contribution in [0.1, 0.15) is 44.0 Å². The number of ketones is 1. The summed E-state index contributed by atoms with van der Waals surface area (Å²) in [7, 11) is 1.51. The van der Waals surface area contributed by atoms with Crippen LogP contribution >= 0.6 is 0 Å². The lowest BCUT2D eigenvalue weighted by molar-refractivity contribution is -0.141. The van der Waals surface area contributed by atoms with Gasteiger partial charge in [0.25, 0.3) is 0 Å². The number of carboxylic acids is 1. The highest BCUT2D eigenvalue weighted by molar-refractivity contribution is 6.01. The SMILES string of the molecule is CCC(NC(C(=O)O)C(C)CC)C(=O)c1ccc(OC)c(N)c1. The van der Waals surface area contributed by atoms with Crippen molar-refractivity contribution in [3.05, 3.63) is 23.8 Å². The van der Waals surface area contributed by atoms with Gasteiger partial charge in [0.05, 0.1) is 18.8 Å². The van der Waals surface area contributed by atoms with Gasteiger partial charge in [-0.3, -0.25) is 14.9 Å². The molecule has 0 aliphatic heterocycles. The molecular formula is C17H26N2O4. The first-order valence-electron chi connectivity index (χ1n) is 7.82. The largest absolute Gasteiger partial charge is 0.495 e. The van der Waals surface area contributed by atoms with E-state index in [9.17, 15) is 14.7 Å². The Morgan fingerprint density at radius 2 is 1.96 bits per heavy atom. The van der Waals surface area contributed by atoms with E-state index < -0.39 is 18.1 Å². The normalized spacial score (nSPS) is 14.8. The third-order valence-corrected chi connectivity index (χ3v) is 4.10. The summed E-state index contributed by atoms with van der Waals surface area (Å²) in [4.78, 5) is 24.1. The Labute approximate surface area is 137 Å². The van der Waals surface area contributed by atoms with Gasteiger partial charge in [-0.05, 0) is 30.5 Å². The maximum absolute atomic E-state index is 12.6. The van der Waals surface area contributed by atoms with E-state index in [1.165, 1.54) is 7.11 Å². The van der Waals surface area contributed by atoms with Crippen molar-refractivity contribution in [2.45, 2.75) is 45.7 Å². The van der Waals surface area contributed by atoms with E-state index in [2.05, 4.69) is 5.32 Å². The summed E-state index contributed by atoms with van der Waals surface area (Å²) >= 11 is 0. The molecule has 0 aliphatic carbocycles. The number of nitrogens with two attached hydrogens (primary N) is 1. The molecule has 0 saturated carbocycles. The molecule has 0 aromatic heterocycles. The Kier molecular flexibility index (Phi) is 7.03. The van der Waals surface area contributed by atoms with Gasteiger partial charge in [-0.25, -0.2) is 0 Å². The number of anilines is 1. The van der Waals surface area contributed by atoms with Gasteiger partial charge in [-0.15, -0.1) is 0 Å². The zero-order valence-corrected chi connectivity index (χ0v) is 14.1. The van der Waals surface area contributed by atoms with Crippen LogP contribution in [-0.4, -0.2) is 36.1 Å². The number of nitrogens with one attached hydrogen (secondary N) is 1. The molecule has 4 N–H and O–H groups in total. The zero-order chi connectivity index (χ0) is 17.6. The Morgan fingerprint density at radius 3 is 2.39 bits per heavy atom.